The van der Waals surface area contributed by atoms with Crippen molar-refractivity contribution >= 4 is 54.2 Å². The van der Waals surface area contributed by atoms with Crippen molar-refractivity contribution in [2.24, 2.45) is 0 Å². The predicted octanol–water partition coefficient (Wildman–Crippen LogP) is 14.4. The zero-order chi connectivity index (χ0) is 38.4. The number of pyridine rings is 1. The SMILES string of the molecule is C1=C(c2ccc3ccccc3c2)CCC=C1c1cc(-c2ccc(-c3cccnc3)cc2)nc(-c2ccc(-c3ccc4c5ccccc5c5ccccc5c4c3)cc2)n1. The van der Waals surface area contributed by atoms with E-state index < -0.39 is 0 Å². The number of hydrogen-bond donors (Lipinski definition) is 0. The van der Waals surface area contributed by atoms with Crippen LogP contribution in [0, 0.1) is 0 Å². The molecule has 0 N–H and O–H groups in total. The van der Waals surface area contributed by atoms with Gasteiger partial charge >= 0.3 is 0 Å². The Labute approximate surface area is 337 Å². The van der Waals surface area contributed by atoms with E-state index >= 15 is 0 Å². The zero-order valence-corrected chi connectivity index (χ0v) is 31.8. The maximum atomic E-state index is 5.27. The molecule has 0 unspecified atom stereocenters. The average Bonchev–Trinajstić information content (AvgIpc) is 3.31. The molecule has 0 bridgehead atoms. The maximum absolute atomic E-state index is 5.27. The van der Waals surface area contributed by atoms with E-state index in [0.717, 1.165) is 57.6 Å². The molecule has 1 aliphatic rings. The van der Waals surface area contributed by atoms with E-state index in [1.54, 1.807) is 6.20 Å². The van der Waals surface area contributed by atoms with Gasteiger partial charge in [0.1, 0.15) is 0 Å². The van der Waals surface area contributed by atoms with Gasteiger partial charge in [0.2, 0.25) is 0 Å². The molecule has 0 saturated heterocycles. The summed E-state index contributed by atoms with van der Waals surface area (Å²) in [7, 11) is 0. The fourth-order valence-corrected chi connectivity index (χ4v) is 8.64. The van der Waals surface area contributed by atoms with E-state index in [1.165, 1.54) is 59.8 Å². The Kier molecular flexibility index (Phi) is 8.29. The molecule has 1 aliphatic carbocycles. The second kappa shape index (κ2) is 14.2. The van der Waals surface area contributed by atoms with Crippen molar-refractivity contribution in [1.29, 1.82) is 0 Å². The van der Waals surface area contributed by atoms with Gasteiger partial charge in [0.05, 0.1) is 11.4 Å². The molecule has 8 aromatic carbocycles. The van der Waals surface area contributed by atoms with Gasteiger partial charge in [0, 0.05) is 23.5 Å². The number of benzene rings is 8. The number of aromatic nitrogens is 3. The van der Waals surface area contributed by atoms with Gasteiger partial charge in [-0.25, -0.2) is 9.97 Å². The first-order chi connectivity index (χ1) is 28.7. The molecule has 2 heterocycles. The summed E-state index contributed by atoms with van der Waals surface area (Å²) in [5, 5.41) is 10.2. The van der Waals surface area contributed by atoms with Crippen LogP contribution in [0.1, 0.15) is 24.1 Å². The standard InChI is InChI=1S/C55H37N3/c1-2-10-41-31-43(27-22-36(41)9-1)42-11-7-12-45(32-42)54-34-53(39-23-18-38(19-24-39)46-13-8-30-56-35-46)57-55(58-54)40-25-20-37(21-26-40)44-28-29-51-49-16-4-3-14-47(49)48-15-5-6-17-50(48)52(51)33-44/h1-6,8-10,12-35H,7,11H2. The van der Waals surface area contributed by atoms with Crippen LogP contribution in [0.2, 0.25) is 0 Å². The second-order valence-electron chi connectivity index (χ2n) is 15.1. The molecule has 0 spiro atoms. The number of allylic oxidation sites excluding steroid dienone is 4. The van der Waals surface area contributed by atoms with Crippen molar-refractivity contribution in [2.45, 2.75) is 12.8 Å². The molecule has 0 atom stereocenters. The Bertz CT molecular complexity index is 3210. The van der Waals surface area contributed by atoms with Crippen LogP contribution < -0.4 is 0 Å². The minimum Gasteiger partial charge on any atom is -0.264 e. The Morgan fingerprint density at radius 3 is 1.69 bits per heavy atom. The monoisotopic (exact) mass is 739 g/mol. The molecule has 0 fully saturated rings. The van der Waals surface area contributed by atoms with Gasteiger partial charge in [-0.3, -0.25) is 4.98 Å². The van der Waals surface area contributed by atoms with Gasteiger partial charge in [0.25, 0.3) is 0 Å². The predicted molar refractivity (Wildman–Crippen MR) is 243 cm³/mol. The first kappa shape index (κ1) is 33.8. The highest BCUT2D eigenvalue weighted by Crippen LogP contribution is 2.38. The van der Waals surface area contributed by atoms with Crippen LogP contribution in [0.3, 0.4) is 0 Å². The van der Waals surface area contributed by atoms with Crippen molar-refractivity contribution in [3.05, 3.63) is 212 Å². The third kappa shape index (κ3) is 6.14. The van der Waals surface area contributed by atoms with Crippen LogP contribution in [0.4, 0.5) is 0 Å². The molecule has 3 nitrogen and oxygen atoms in total. The average molecular weight is 740 g/mol. The maximum Gasteiger partial charge on any atom is 0.160 e. The van der Waals surface area contributed by atoms with Gasteiger partial charge in [-0.1, -0.05) is 158 Å². The topological polar surface area (TPSA) is 38.7 Å². The molecule has 0 radical (unpaired) electrons. The normalized spacial score (nSPS) is 12.9. The van der Waals surface area contributed by atoms with Crippen LogP contribution in [0.25, 0.3) is 99.1 Å². The largest absolute Gasteiger partial charge is 0.264 e. The summed E-state index contributed by atoms with van der Waals surface area (Å²) in [6.45, 7) is 0. The molecule has 10 aromatic rings. The van der Waals surface area contributed by atoms with Gasteiger partial charge in [-0.2, -0.15) is 0 Å². The van der Waals surface area contributed by atoms with Crippen molar-refractivity contribution < 1.29 is 0 Å². The molecular formula is C55H37N3. The summed E-state index contributed by atoms with van der Waals surface area (Å²) >= 11 is 0. The van der Waals surface area contributed by atoms with Crippen molar-refractivity contribution in [3.63, 3.8) is 0 Å². The number of rotatable bonds is 6. The lowest BCUT2D eigenvalue weighted by Crippen LogP contribution is -2.00. The molecule has 0 aliphatic heterocycles. The van der Waals surface area contributed by atoms with E-state index in [4.69, 9.17) is 9.97 Å². The number of fused-ring (bicyclic) bond motifs is 7. The quantitative estimate of drug-likeness (QED) is 0.159. The zero-order valence-electron chi connectivity index (χ0n) is 31.8. The third-order valence-electron chi connectivity index (χ3n) is 11.6. The summed E-state index contributed by atoms with van der Waals surface area (Å²) in [5.41, 5.74) is 12.1. The van der Waals surface area contributed by atoms with E-state index in [2.05, 4.69) is 187 Å². The summed E-state index contributed by atoms with van der Waals surface area (Å²) in [6, 6.07) is 63.3. The van der Waals surface area contributed by atoms with Crippen molar-refractivity contribution in [1.82, 2.24) is 15.0 Å². The lowest BCUT2D eigenvalue weighted by atomic mass is 9.91. The highest BCUT2D eigenvalue weighted by Gasteiger charge is 2.16. The fraction of sp³-hybridized carbons (Fsp3) is 0.0364. The highest BCUT2D eigenvalue weighted by molar-refractivity contribution is 6.25. The lowest BCUT2D eigenvalue weighted by Gasteiger charge is -2.16. The number of hydrogen-bond acceptors (Lipinski definition) is 3. The smallest absolute Gasteiger partial charge is 0.160 e. The van der Waals surface area contributed by atoms with E-state index in [0.29, 0.717) is 5.82 Å². The number of nitrogens with zero attached hydrogens (tertiary/aromatic N) is 3. The minimum atomic E-state index is 0.707. The molecule has 3 heteroatoms. The Morgan fingerprint density at radius 1 is 0.379 bits per heavy atom. The molecule has 58 heavy (non-hydrogen) atoms. The Balaban J connectivity index is 0.990. The molecule has 272 valence electrons. The van der Waals surface area contributed by atoms with Crippen LogP contribution in [-0.2, 0) is 0 Å². The third-order valence-corrected chi connectivity index (χ3v) is 11.6. The second-order valence-corrected chi connectivity index (χ2v) is 15.1. The first-order valence-corrected chi connectivity index (χ1v) is 20.0. The van der Waals surface area contributed by atoms with E-state index in [9.17, 15) is 0 Å². The van der Waals surface area contributed by atoms with E-state index in [-0.39, 0.29) is 0 Å². The van der Waals surface area contributed by atoms with Crippen LogP contribution in [0.5, 0.6) is 0 Å². The van der Waals surface area contributed by atoms with Gasteiger partial charge in [-0.15, -0.1) is 0 Å². The molecule has 11 rings (SSSR count). The summed E-state index contributed by atoms with van der Waals surface area (Å²) in [6.07, 6.45) is 10.3. The molecular weight excluding hydrogens is 703 g/mol. The van der Waals surface area contributed by atoms with Gasteiger partial charge in [-0.05, 0) is 125 Å². The van der Waals surface area contributed by atoms with Crippen LogP contribution in [0.15, 0.2) is 200 Å². The van der Waals surface area contributed by atoms with Crippen LogP contribution in [-0.4, -0.2) is 15.0 Å². The Morgan fingerprint density at radius 2 is 0.966 bits per heavy atom. The highest BCUT2D eigenvalue weighted by atomic mass is 14.9. The first-order valence-electron chi connectivity index (χ1n) is 20.0. The minimum absolute atomic E-state index is 0.707. The summed E-state index contributed by atoms with van der Waals surface area (Å²) in [5.74, 6) is 0.707. The molecule has 0 saturated carbocycles. The molecule has 0 amide bonds. The van der Waals surface area contributed by atoms with Crippen molar-refractivity contribution in [3.8, 4) is 44.9 Å². The van der Waals surface area contributed by atoms with Gasteiger partial charge < -0.3 is 0 Å². The fourth-order valence-electron chi connectivity index (χ4n) is 8.64. The Hall–Kier alpha value is -7.49. The van der Waals surface area contributed by atoms with Gasteiger partial charge in [0.15, 0.2) is 5.82 Å². The van der Waals surface area contributed by atoms with Crippen LogP contribution >= 0.6 is 0 Å². The van der Waals surface area contributed by atoms with Crippen molar-refractivity contribution in [2.75, 3.05) is 0 Å². The lowest BCUT2D eigenvalue weighted by molar-refractivity contribution is 1.05. The molecule has 2 aromatic heterocycles. The summed E-state index contributed by atoms with van der Waals surface area (Å²) in [4.78, 5) is 14.8. The summed E-state index contributed by atoms with van der Waals surface area (Å²) < 4.78 is 0. The van der Waals surface area contributed by atoms with E-state index in [1.807, 2.05) is 12.3 Å².